The average Bonchev–Trinajstić information content (AvgIpc) is 2.60. The van der Waals surface area contributed by atoms with Gasteiger partial charge in [-0.15, -0.1) is 0 Å². The van der Waals surface area contributed by atoms with E-state index in [0.29, 0.717) is 18.2 Å². The van der Waals surface area contributed by atoms with Crippen molar-refractivity contribution < 1.29 is 4.74 Å². The van der Waals surface area contributed by atoms with Crippen LogP contribution >= 0.6 is 0 Å². The lowest BCUT2D eigenvalue weighted by molar-refractivity contribution is -0.00865. The molecule has 2 rings (SSSR count). The van der Waals surface area contributed by atoms with Gasteiger partial charge in [0.25, 0.3) is 0 Å². The smallest absolute Gasteiger partial charge is 0.0759 e. The van der Waals surface area contributed by atoms with E-state index in [-0.39, 0.29) is 0 Å². The van der Waals surface area contributed by atoms with Gasteiger partial charge in [0.15, 0.2) is 0 Å². The van der Waals surface area contributed by atoms with Gasteiger partial charge in [0.1, 0.15) is 0 Å². The molecule has 3 atom stereocenters. The van der Waals surface area contributed by atoms with Gasteiger partial charge in [-0.2, -0.15) is 0 Å². The third-order valence-electron chi connectivity index (χ3n) is 2.94. The van der Waals surface area contributed by atoms with Gasteiger partial charge in [-0.05, 0) is 13.0 Å². The number of likely N-dealkylation sites (N-methyl/N-ethyl adjacent to an activating group) is 1. The molecule has 0 aliphatic carbocycles. The van der Waals surface area contributed by atoms with Crippen molar-refractivity contribution in [2.75, 3.05) is 19.7 Å². The van der Waals surface area contributed by atoms with Crippen molar-refractivity contribution in [1.29, 1.82) is 0 Å². The third-order valence-corrected chi connectivity index (χ3v) is 2.94. The average molecular weight is 156 g/mol. The Morgan fingerprint density at radius 1 is 1.64 bits per heavy atom. The fourth-order valence-corrected chi connectivity index (χ4v) is 2.40. The quantitative estimate of drug-likeness (QED) is 0.602. The van der Waals surface area contributed by atoms with E-state index in [9.17, 15) is 0 Å². The summed E-state index contributed by atoms with van der Waals surface area (Å²) in [6, 6.07) is 1.16. The Labute approximate surface area is 67.5 Å². The third kappa shape index (κ3) is 0.991. The van der Waals surface area contributed by atoms with Crippen LogP contribution in [0.3, 0.4) is 0 Å². The predicted octanol–water partition coefficient (Wildman–Crippen LogP) is -0.193. The maximum absolute atomic E-state index is 5.66. The van der Waals surface area contributed by atoms with Crippen LogP contribution in [0.1, 0.15) is 13.3 Å². The minimum Gasteiger partial charge on any atom is -0.375 e. The first-order valence-corrected chi connectivity index (χ1v) is 4.44. The Hall–Kier alpha value is -0.120. The molecule has 2 saturated heterocycles. The van der Waals surface area contributed by atoms with Crippen LogP contribution in [0.2, 0.25) is 0 Å². The van der Waals surface area contributed by atoms with Gasteiger partial charge in [-0.25, -0.2) is 0 Å². The lowest BCUT2D eigenvalue weighted by atomic mass is 10.2. The van der Waals surface area contributed by atoms with Gasteiger partial charge >= 0.3 is 0 Å². The second-order valence-electron chi connectivity index (χ2n) is 3.39. The molecule has 2 aliphatic heterocycles. The first-order valence-electron chi connectivity index (χ1n) is 4.44. The van der Waals surface area contributed by atoms with Crippen molar-refractivity contribution >= 4 is 0 Å². The van der Waals surface area contributed by atoms with Crippen molar-refractivity contribution in [1.82, 2.24) is 4.90 Å². The summed E-state index contributed by atoms with van der Waals surface area (Å²) in [4.78, 5) is 2.48. The highest BCUT2D eigenvalue weighted by Gasteiger charge is 2.45. The Balaban J connectivity index is 2.08. The van der Waals surface area contributed by atoms with Crippen molar-refractivity contribution in [3.05, 3.63) is 0 Å². The Morgan fingerprint density at radius 2 is 2.45 bits per heavy atom. The molecule has 2 heterocycles. The van der Waals surface area contributed by atoms with Crippen LogP contribution in [0.5, 0.6) is 0 Å². The van der Waals surface area contributed by atoms with Crippen molar-refractivity contribution in [2.45, 2.75) is 31.5 Å². The van der Waals surface area contributed by atoms with E-state index < -0.39 is 0 Å². The molecule has 0 aromatic heterocycles. The van der Waals surface area contributed by atoms with Crippen LogP contribution in [0.4, 0.5) is 0 Å². The minimum atomic E-state index is 0.435. The number of fused-ring (bicyclic) bond motifs is 2. The van der Waals surface area contributed by atoms with Gasteiger partial charge in [0.05, 0.1) is 12.7 Å². The van der Waals surface area contributed by atoms with Crippen molar-refractivity contribution in [3.63, 3.8) is 0 Å². The van der Waals surface area contributed by atoms with E-state index >= 15 is 0 Å². The normalized spacial score (nSPS) is 43.6. The molecular weight excluding hydrogens is 140 g/mol. The van der Waals surface area contributed by atoms with E-state index in [4.69, 9.17) is 10.5 Å². The zero-order valence-corrected chi connectivity index (χ0v) is 6.99. The Kier molecular flexibility index (Phi) is 1.87. The summed E-state index contributed by atoms with van der Waals surface area (Å²) >= 11 is 0. The summed E-state index contributed by atoms with van der Waals surface area (Å²) in [6.07, 6.45) is 1.64. The van der Waals surface area contributed by atoms with Gasteiger partial charge in [0.2, 0.25) is 0 Å². The second kappa shape index (κ2) is 2.73. The number of hydrogen-bond acceptors (Lipinski definition) is 3. The highest BCUT2D eigenvalue weighted by Crippen LogP contribution is 2.32. The molecule has 0 radical (unpaired) electrons. The standard InChI is InChI=1S/C8H16N2O/c1-2-10-6-3-8(11-5-6)7(10)4-9/h6-8H,2-5,9H2,1H3. The molecule has 2 fully saturated rings. The molecule has 0 amide bonds. The molecule has 2 bridgehead atoms. The summed E-state index contributed by atoms with van der Waals surface area (Å²) in [7, 11) is 0. The molecule has 0 spiro atoms. The Bertz CT molecular complexity index is 135. The summed E-state index contributed by atoms with van der Waals surface area (Å²) < 4.78 is 5.57. The molecule has 11 heavy (non-hydrogen) atoms. The second-order valence-corrected chi connectivity index (χ2v) is 3.39. The number of likely N-dealkylation sites (tertiary alicyclic amines) is 1. The number of nitrogens with zero attached hydrogens (tertiary/aromatic N) is 1. The lowest BCUT2D eigenvalue weighted by Gasteiger charge is -2.33. The number of ether oxygens (including phenoxy) is 1. The SMILES string of the molecule is CCN1C2COC(C2)C1CN. The molecule has 2 N–H and O–H groups in total. The zero-order chi connectivity index (χ0) is 7.84. The van der Waals surface area contributed by atoms with E-state index in [1.54, 1.807) is 0 Å². The van der Waals surface area contributed by atoms with Crippen LogP contribution < -0.4 is 5.73 Å². The molecular formula is C8H16N2O. The van der Waals surface area contributed by atoms with Crippen LogP contribution in [-0.4, -0.2) is 42.8 Å². The minimum absolute atomic E-state index is 0.435. The van der Waals surface area contributed by atoms with Gasteiger partial charge in [0, 0.05) is 18.6 Å². The highest BCUT2D eigenvalue weighted by atomic mass is 16.5. The lowest BCUT2D eigenvalue weighted by Crippen LogP contribution is -2.49. The number of hydrogen-bond donors (Lipinski definition) is 1. The molecule has 3 unspecified atom stereocenters. The number of rotatable bonds is 2. The molecule has 0 saturated carbocycles. The first kappa shape index (κ1) is 7.53. The largest absolute Gasteiger partial charge is 0.375 e. The Morgan fingerprint density at radius 3 is 3.00 bits per heavy atom. The van der Waals surface area contributed by atoms with E-state index in [2.05, 4.69) is 11.8 Å². The topological polar surface area (TPSA) is 38.5 Å². The van der Waals surface area contributed by atoms with Crippen LogP contribution in [0.25, 0.3) is 0 Å². The summed E-state index contributed by atoms with van der Waals surface area (Å²) in [5.41, 5.74) is 5.66. The van der Waals surface area contributed by atoms with E-state index in [1.807, 2.05) is 0 Å². The van der Waals surface area contributed by atoms with Crippen LogP contribution in [0.15, 0.2) is 0 Å². The van der Waals surface area contributed by atoms with Crippen LogP contribution in [-0.2, 0) is 4.74 Å². The summed E-state index contributed by atoms with van der Waals surface area (Å²) in [6.45, 7) is 4.99. The first-order chi connectivity index (χ1) is 5.36. The van der Waals surface area contributed by atoms with Gasteiger partial charge in [-0.1, -0.05) is 6.92 Å². The van der Waals surface area contributed by atoms with Gasteiger partial charge in [-0.3, -0.25) is 4.90 Å². The molecule has 0 aromatic carbocycles. The van der Waals surface area contributed by atoms with Gasteiger partial charge < -0.3 is 10.5 Å². The molecule has 0 aromatic rings. The van der Waals surface area contributed by atoms with Crippen molar-refractivity contribution in [3.8, 4) is 0 Å². The maximum Gasteiger partial charge on any atom is 0.0759 e. The number of nitrogens with two attached hydrogens (primary N) is 1. The molecule has 3 nitrogen and oxygen atoms in total. The van der Waals surface area contributed by atoms with E-state index in [1.165, 1.54) is 6.42 Å². The van der Waals surface area contributed by atoms with E-state index in [0.717, 1.165) is 19.7 Å². The zero-order valence-electron chi connectivity index (χ0n) is 6.99. The highest BCUT2D eigenvalue weighted by molar-refractivity contribution is 4.99. The molecule has 3 heteroatoms. The van der Waals surface area contributed by atoms with Crippen molar-refractivity contribution in [2.24, 2.45) is 5.73 Å². The van der Waals surface area contributed by atoms with Crippen LogP contribution in [0, 0.1) is 0 Å². The molecule has 64 valence electrons. The fourth-order valence-electron chi connectivity index (χ4n) is 2.40. The fraction of sp³-hybridized carbons (Fsp3) is 1.00. The summed E-state index contributed by atoms with van der Waals surface area (Å²) in [5, 5.41) is 0. The summed E-state index contributed by atoms with van der Waals surface area (Å²) in [5.74, 6) is 0. The number of morpholine rings is 1. The maximum atomic E-state index is 5.66. The predicted molar refractivity (Wildman–Crippen MR) is 43.4 cm³/mol. The molecule has 2 aliphatic rings. The monoisotopic (exact) mass is 156 g/mol.